The highest BCUT2D eigenvalue weighted by atomic mass is 35.5. The number of halogens is 1. The Morgan fingerprint density at radius 2 is 1.95 bits per heavy atom. The minimum atomic E-state index is 0.519. The molecule has 1 aliphatic heterocycles. The van der Waals surface area contributed by atoms with E-state index in [-0.39, 0.29) is 0 Å². The topological polar surface area (TPSA) is 27.8 Å². The summed E-state index contributed by atoms with van der Waals surface area (Å²) in [6.07, 6.45) is 8.05. The van der Waals surface area contributed by atoms with E-state index in [2.05, 4.69) is 22.4 Å². The molecule has 1 atom stereocenters. The highest BCUT2D eigenvalue weighted by Gasteiger charge is 2.31. The lowest BCUT2D eigenvalue weighted by Gasteiger charge is -2.34. The lowest BCUT2D eigenvalue weighted by atomic mass is 9.80. The molecule has 2 N–H and O–H groups in total. The van der Waals surface area contributed by atoms with Crippen LogP contribution in [0.1, 0.15) is 49.4 Å². The third-order valence-electron chi connectivity index (χ3n) is 5.07. The molecule has 2 heterocycles. The zero-order chi connectivity index (χ0) is 13.5. The van der Waals surface area contributed by atoms with Crippen molar-refractivity contribution in [2.45, 2.75) is 44.6 Å². The van der Waals surface area contributed by atoms with Crippen molar-refractivity contribution < 1.29 is 0 Å². The molecule has 0 bridgehead atoms. The number of aromatic amines is 1. The fraction of sp³-hybridized carbons (Fsp3) is 0.529. The molecule has 0 amide bonds. The van der Waals surface area contributed by atoms with Crippen molar-refractivity contribution >= 4 is 22.5 Å². The minimum Gasteiger partial charge on any atom is -0.357 e. The van der Waals surface area contributed by atoms with Crippen molar-refractivity contribution in [2.24, 2.45) is 5.92 Å². The molecule has 1 fully saturated rings. The smallest absolute Gasteiger partial charge is 0.0504 e. The quantitative estimate of drug-likeness (QED) is 0.789. The summed E-state index contributed by atoms with van der Waals surface area (Å²) in [4.78, 5) is 3.67. The summed E-state index contributed by atoms with van der Waals surface area (Å²) in [6.45, 7) is 1.09. The lowest BCUT2D eigenvalue weighted by molar-refractivity contribution is 0.262. The predicted molar refractivity (Wildman–Crippen MR) is 84.3 cm³/mol. The third-order valence-corrected chi connectivity index (χ3v) is 5.31. The highest BCUT2D eigenvalue weighted by Crippen LogP contribution is 2.39. The summed E-state index contributed by atoms with van der Waals surface area (Å²) in [5.41, 5.74) is 4.17. The number of fused-ring (bicyclic) bond motifs is 3. The number of nitrogens with one attached hydrogen (secondary N) is 2. The van der Waals surface area contributed by atoms with Crippen LogP contribution in [-0.2, 0) is 6.42 Å². The Morgan fingerprint density at radius 3 is 2.80 bits per heavy atom. The van der Waals surface area contributed by atoms with Crippen molar-refractivity contribution in [3.05, 3.63) is 34.5 Å². The summed E-state index contributed by atoms with van der Waals surface area (Å²) < 4.78 is 0. The molecule has 106 valence electrons. The molecule has 0 spiro atoms. The van der Waals surface area contributed by atoms with Gasteiger partial charge in [-0.2, -0.15) is 0 Å². The number of H-pyrrole nitrogens is 1. The Kier molecular flexibility index (Phi) is 3.24. The normalized spacial score (nSPS) is 23.9. The minimum absolute atomic E-state index is 0.519. The van der Waals surface area contributed by atoms with Crippen molar-refractivity contribution in [1.29, 1.82) is 0 Å². The molecule has 1 aromatic carbocycles. The molecule has 1 aliphatic carbocycles. The van der Waals surface area contributed by atoms with Gasteiger partial charge >= 0.3 is 0 Å². The molecule has 3 heteroatoms. The molecule has 2 aromatic rings. The Bertz CT molecular complexity index is 625. The van der Waals surface area contributed by atoms with Crippen LogP contribution in [0.25, 0.3) is 10.9 Å². The maximum Gasteiger partial charge on any atom is 0.0504 e. The van der Waals surface area contributed by atoms with E-state index in [1.165, 1.54) is 54.3 Å². The largest absolute Gasteiger partial charge is 0.357 e. The van der Waals surface area contributed by atoms with Gasteiger partial charge in [0.1, 0.15) is 0 Å². The second-order valence-corrected chi connectivity index (χ2v) is 6.72. The third kappa shape index (κ3) is 2.06. The van der Waals surface area contributed by atoms with Gasteiger partial charge < -0.3 is 10.3 Å². The Balaban J connectivity index is 1.78. The molecular weight excluding hydrogens is 268 g/mol. The second-order valence-electron chi connectivity index (χ2n) is 6.29. The van der Waals surface area contributed by atoms with E-state index in [1.54, 1.807) is 0 Å². The van der Waals surface area contributed by atoms with Gasteiger partial charge in [-0.1, -0.05) is 30.9 Å². The van der Waals surface area contributed by atoms with E-state index < -0.39 is 0 Å². The van der Waals surface area contributed by atoms with Crippen LogP contribution in [0.5, 0.6) is 0 Å². The zero-order valence-corrected chi connectivity index (χ0v) is 12.5. The van der Waals surface area contributed by atoms with Crippen LogP contribution in [-0.4, -0.2) is 11.5 Å². The number of hydrogen-bond donors (Lipinski definition) is 2. The molecule has 4 rings (SSSR count). The molecule has 0 saturated heterocycles. The van der Waals surface area contributed by atoms with Crippen LogP contribution < -0.4 is 5.32 Å². The maximum absolute atomic E-state index is 6.17. The van der Waals surface area contributed by atoms with Gasteiger partial charge in [-0.15, -0.1) is 0 Å². The average molecular weight is 289 g/mol. The Morgan fingerprint density at radius 1 is 1.10 bits per heavy atom. The second kappa shape index (κ2) is 5.09. The highest BCUT2D eigenvalue weighted by molar-refractivity contribution is 6.31. The Hall–Kier alpha value is -0.990. The molecule has 2 nitrogen and oxygen atoms in total. The van der Waals surface area contributed by atoms with E-state index in [4.69, 9.17) is 11.6 Å². The first-order chi connectivity index (χ1) is 9.83. The van der Waals surface area contributed by atoms with E-state index in [9.17, 15) is 0 Å². The van der Waals surface area contributed by atoms with Gasteiger partial charge in [0.15, 0.2) is 0 Å². The molecule has 1 aromatic heterocycles. The summed E-state index contributed by atoms with van der Waals surface area (Å²) >= 11 is 6.17. The lowest BCUT2D eigenvalue weighted by Crippen LogP contribution is -2.35. The maximum atomic E-state index is 6.17. The summed E-state index contributed by atoms with van der Waals surface area (Å²) in [7, 11) is 0. The van der Waals surface area contributed by atoms with Crippen LogP contribution in [0.3, 0.4) is 0 Å². The number of hydrogen-bond acceptors (Lipinski definition) is 1. The SMILES string of the molecule is Clc1ccc2[nH]c3c(c2c1)CCNC3C1CCCCC1. The molecule has 0 radical (unpaired) electrons. The molecule has 20 heavy (non-hydrogen) atoms. The van der Waals surface area contributed by atoms with Gasteiger partial charge in [-0.3, -0.25) is 0 Å². The standard InChI is InChI=1S/C17H21ClN2/c18-12-6-7-15-14(10-12)13-8-9-19-16(17(13)20-15)11-4-2-1-3-5-11/h6-7,10-11,16,19-20H,1-5,8-9H2. The van der Waals surface area contributed by atoms with E-state index >= 15 is 0 Å². The van der Waals surface area contributed by atoms with Gasteiger partial charge in [0.25, 0.3) is 0 Å². The monoisotopic (exact) mass is 288 g/mol. The van der Waals surface area contributed by atoms with Gasteiger partial charge in [0.05, 0.1) is 6.04 Å². The van der Waals surface area contributed by atoms with Crippen LogP contribution in [0, 0.1) is 5.92 Å². The Labute approximate surface area is 124 Å². The fourth-order valence-electron chi connectivity index (χ4n) is 4.10. The summed E-state index contributed by atoms with van der Waals surface area (Å²) in [5.74, 6) is 0.798. The molecule has 2 aliphatic rings. The fourth-order valence-corrected chi connectivity index (χ4v) is 4.27. The van der Waals surface area contributed by atoms with Crippen molar-refractivity contribution in [3.63, 3.8) is 0 Å². The molecule has 1 saturated carbocycles. The first-order valence-electron chi connectivity index (χ1n) is 7.86. The van der Waals surface area contributed by atoms with Crippen LogP contribution in [0.15, 0.2) is 18.2 Å². The summed E-state index contributed by atoms with van der Waals surface area (Å²) in [6, 6.07) is 6.74. The van der Waals surface area contributed by atoms with Gasteiger partial charge in [0.2, 0.25) is 0 Å². The number of aromatic nitrogens is 1. The zero-order valence-electron chi connectivity index (χ0n) is 11.7. The molecular formula is C17H21ClN2. The van der Waals surface area contributed by atoms with Crippen molar-refractivity contribution in [3.8, 4) is 0 Å². The van der Waals surface area contributed by atoms with Gasteiger partial charge in [-0.25, -0.2) is 0 Å². The van der Waals surface area contributed by atoms with E-state index in [1.807, 2.05) is 6.07 Å². The summed E-state index contributed by atoms with van der Waals surface area (Å²) in [5, 5.41) is 5.92. The van der Waals surface area contributed by atoms with Gasteiger partial charge in [-0.05, 0) is 55.5 Å². The van der Waals surface area contributed by atoms with Crippen LogP contribution >= 0.6 is 11.6 Å². The average Bonchev–Trinajstić information content (AvgIpc) is 2.86. The van der Waals surface area contributed by atoms with Crippen LogP contribution in [0.2, 0.25) is 5.02 Å². The van der Waals surface area contributed by atoms with Crippen LogP contribution in [0.4, 0.5) is 0 Å². The van der Waals surface area contributed by atoms with Gasteiger partial charge in [0, 0.05) is 21.6 Å². The van der Waals surface area contributed by atoms with E-state index in [0.29, 0.717) is 6.04 Å². The first-order valence-corrected chi connectivity index (χ1v) is 8.24. The van der Waals surface area contributed by atoms with E-state index in [0.717, 1.165) is 23.9 Å². The van der Waals surface area contributed by atoms with Crippen molar-refractivity contribution in [2.75, 3.05) is 6.54 Å². The molecule has 1 unspecified atom stereocenters. The predicted octanol–water partition coefficient (Wildman–Crippen LogP) is 4.59. The first kappa shape index (κ1) is 12.7. The number of rotatable bonds is 1. The number of benzene rings is 1. The van der Waals surface area contributed by atoms with Crippen molar-refractivity contribution in [1.82, 2.24) is 10.3 Å².